The summed E-state index contributed by atoms with van der Waals surface area (Å²) in [5.74, 6) is 1.39. The lowest BCUT2D eigenvalue weighted by atomic mass is 10.2. The van der Waals surface area contributed by atoms with Crippen molar-refractivity contribution in [1.29, 1.82) is 0 Å². The molecule has 1 aromatic rings. The number of benzene rings is 1. The molecule has 5 nitrogen and oxygen atoms in total. The van der Waals surface area contributed by atoms with Gasteiger partial charge in [-0.15, -0.1) is 11.6 Å². The van der Waals surface area contributed by atoms with Crippen LogP contribution in [-0.4, -0.2) is 45.1 Å². The second kappa shape index (κ2) is 6.63. The van der Waals surface area contributed by atoms with Crippen molar-refractivity contribution in [2.24, 2.45) is 10.7 Å². The van der Waals surface area contributed by atoms with Crippen LogP contribution in [0.1, 0.15) is 0 Å². The molecule has 104 valence electrons. The zero-order valence-corrected chi connectivity index (χ0v) is 11.7. The summed E-state index contributed by atoms with van der Waals surface area (Å²) in [6, 6.07) is 5.77. The van der Waals surface area contributed by atoms with E-state index in [-0.39, 0.29) is 5.88 Å². The van der Waals surface area contributed by atoms with Gasteiger partial charge in [-0.1, -0.05) is 0 Å². The Morgan fingerprint density at radius 3 is 2.84 bits per heavy atom. The maximum Gasteiger partial charge on any atom is 0.144 e. The van der Waals surface area contributed by atoms with Crippen LogP contribution in [0.5, 0.6) is 5.75 Å². The number of nitrogens with zero attached hydrogens (tertiary/aromatic N) is 2. The molecule has 19 heavy (non-hydrogen) atoms. The van der Waals surface area contributed by atoms with E-state index in [9.17, 15) is 0 Å². The number of amidine groups is 1. The molecule has 1 heterocycles. The van der Waals surface area contributed by atoms with Gasteiger partial charge in [0.05, 0.1) is 37.6 Å². The fourth-order valence-electron chi connectivity index (χ4n) is 2.00. The lowest BCUT2D eigenvalue weighted by molar-refractivity contribution is 0.122. The molecule has 0 aliphatic carbocycles. The molecule has 1 aromatic carbocycles. The van der Waals surface area contributed by atoms with Gasteiger partial charge in [-0.3, -0.25) is 0 Å². The molecule has 0 bridgehead atoms. The first kappa shape index (κ1) is 14.0. The van der Waals surface area contributed by atoms with E-state index in [0.29, 0.717) is 5.84 Å². The van der Waals surface area contributed by atoms with Crippen LogP contribution in [0.4, 0.5) is 11.4 Å². The van der Waals surface area contributed by atoms with Gasteiger partial charge >= 0.3 is 0 Å². The number of ether oxygens (including phenoxy) is 2. The predicted molar refractivity (Wildman–Crippen MR) is 78.0 cm³/mol. The van der Waals surface area contributed by atoms with Gasteiger partial charge in [0.2, 0.25) is 0 Å². The van der Waals surface area contributed by atoms with E-state index in [1.165, 1.54) is 0 Å². The zero-order chi connectivity index (χ0) is 13.7. The minimum absolute atomic E-state index is 0.216. The summed E-state index contributed by atoms with van der Waals surface area (Å²) in [6.07, 6.45) is 0. The largest absolute Gasteiger partial charge is 0.495 e. The van der Waals surface area contributed by atoms with Crippen LogP contribution in [0.25, 0.3) is 0 Å². The van der Waals surface area contributed by atoms with Crippen LogP contribution in [0.3, 0.4) is 0 Å². The first-order valence-electron chi connectivity index (χ1n) is 6.14. The molecule has 1 aliphatic heterocycles. The van der Waals surface area contributed by atoms with Crippen LogP contribution in [0.2, 0.25) is 0 Å². The summed E-state index contributed by atoms with van der Waals surface area (Å²) >= 11 is 5.62. The lowest BCUT2D eigenvalue weighted by Gasteiger charge is -2.30. The lowest BCUT2D eigenvalue weighted by Crippen LogP contribution is -2.36. The third kappa shape index (κ3) is 3.52. The van der Waals surface area contributed by atoms with Gasteiger partial charge in [0.1, 0.15) is 11.6 Å². The van der Waals surface area contributed by atoms with Crippen LogP contribution in [0.15, 0.2) is 23.2 Å². The summed E-state index contributed by atoms with van der Waals surface area (Å²) in [4.78, 5) is 6.45. The molecule has 0 radical (unpaired) electrons. The van der Waals surface area contributed by atoms with Crippen molar-refractivity contribution in [3.05, 3.63) is 18.2 Å². The Morgan fingerprint density at radius 2 is 2.21 bits per heavy atom. The molecular weight excluding hydrogens is 266 g/mol. The standard InChI is InChI=1S/C13H18ClN3O2/c1-18-12-8-10(16-13(15)9-14)2-3-11(12)17-4-6-19-7-5-17/h2-3,8H,4-7,9H2,1H3,(H2,15,16). The number of hydrogen-bond donors (Lipinski definition) is 1. The van der Waals surface area contributed by atoms with E-state index in [1.54, 1.807) is 7.11 Å². The highest BCUT2D eigenvalue weighted by atomic mass is 35.5. The van der Waals surface area contributed by atoms with Crippen molar-refractivity contribution in [2.75, 3.05) is 44.2 Å². The highest BCUT2D eigenvalue weighted by molar-refractivity contribution is 6.28. The zero-order valence-electron chi connectivity index (χ0n) is 10.9. The van der Waals surface area contributed by atoms with E-state index in [4.69, 9.17) is 26.8 Å². The van der Waals surface area contributed by atoms with Crippen LogP contribution >= 0.6 is 11.6 Å². The third-order valence-corrected chi connectivity index (χ3v) is 3.20. The van der Waals surface area contributed by atoms with Crippen LogP contribution in [0, 0.1) is 0 Å². The van der Waals surface area contributed by atoms with Crippen molar-refractivity contribution >= 4 is 28.8 Å². The summed E-state index contributed by atoms with van der Waals surface area (Å²) in [5, 5.41) is 0. The minimum Gasteiger partial charge on any atom is -0.495 e. The van der Waals surface area contributed by atoms with E-state index in [1.807, 2.05) is 18.2 Å². The van der Waals surface area contributed by atoms with Crippen molar-refractivity contribution in [3.8, 4) is 5.75 Å². The quantitative estimate of drug-likeness (QED) is 0.520. The number of nitrogens with two attached hydrogens (primary N) is 1. The smallest absolute Gasteiger partial charge is 0.144 e. The average molecular weight is 284 g/mol. The highest BCUT2D eigenvalue weighted by Gasteiger charge is 2.15. The normalized spacial score (nSPS) is 16.5. The van der Waals surface area contributed by atoms with Gasteiger partial charge in [-0.25, -0.2) is 4.99 Å². The molecule has 0 spiro atoms. The topological polar surface area (TPSA) is 60.1 Å². The molecule has 6 heteroatoms. The fourth-order valence-corrected chi connectivity index (χ4v) is 2.06. The molecule has 2 N–H and O–H groups in total. The molecular formula is C13H18ClN3O2. The molecule has 1 aliphatic rings. The summed E-state index contributed by atoms with van der Waals surface area (Å²) < 4.78 is 10.8. The first-order chi connectivity index (χ1) is 9.24. The maximum atomic E-state index is 5.63. The Hall–Kier alpha value is -1.46. The number of halogens is 1. The number of alkyl halides is 1. The highest BCUT2D eigenvalue weighted by Crippen LogP contribution is 2.32. The second-order valence-corrected chi connectivity index (χ2v) is 4.46. The van der Waals surface area contributed by atoms with Crippen LogP contribution in [-0.2, 0) is 4.74 Å². The van der Waals surface area contributed by atoms with Gasteiger partial charge < -0.3 is 20.1 Å². The summed E-state index contributed by atoms with van der Waals surface area (Å²) in [5.41, 5.74) is 7.42. The van der Waals surface area contributed by atoms with Gasteiger partial charge in [-0.05, 0) is 12.1 Å². The Labute approximate surface area is 118 Å². The third-order valence-electron chi connectivity index (χ3n) is 2.92. The number of rotatable bonds is 4. The number of methoxy groups -OCH3 is 1. The Kier molecular flexibility index (Phi) is 4.87. The summed E-state index contributed by atoms with van der Waals surface area (Å²) in [6.45, 7) is 3.20. The van der Waals surface area contributed by atoms with Gasteiger partial charge in [0.15, 0.2) is 0 Å². The van der Waals surface area contributed by atoms with E-state index >= 15 is 0 Å². The van der Waals surface area contributed by atoms with Gasteiger partial charge in [0, 0.05) is 19.2 Å². The first-order valence-corrected chi connectivity index (χ1v) is 6.68. The minimum atomic E-state index is 0.216. The Balaban J connectivity index is 2.25. The summed E-state index contributed by atoms with van der Waals surface area (Å²) in [7, 11) is 1.65. The number of morpholine rings is 1. The van der Waals surface area contributed by atoms with E-state index < -0.39 is 0 Å². The molecule has 0 saturated carbocycles. The van der Waals surface area contributed by atoms with Crippen molar-refractivity contribution < 1.29 is 9.47 Å². The van der Waals surface area contributed by atoms with Crippen molar-refractivity contribution in [1.82, 2.24) is 0 Å². The maximum absolute atomic E-state index is 5.63. The van der Waals surface area contributed by atoms with Gasteiger partial charge in [0.25, 0.3) is 0 Å². The molecule has 1 fully saturated rings. The van der Waals surface area contributed by atoms with Crippen LogP contribution < -0.4 is 15.4 Å². The SMILES string of the molecule is COc1cc(N=C(N)CCl)ccc1N1CCOCC1. The molecule has 0 unspecified atom stereocenters. The monoisotopic (exact) mass is 283 g/mol. The van der Waals surface area contributed by atoms with Gasteiger partial charge in [-0.2, -0.15) is 0 Å². The van der Waals surface area contributed by atoms with E-state index in [2.05, 4.69) is 9.89 Å². The fraction of sp³-hybridized carbons (Fsp3) is 0.462. The molecule has 0 amide bonds. The Morgan fingerprint density at radius 1 is 1.47 bits per heavy atom. The molecule has 1 saturated heterocycles. The average Bonchev–Trinajstić information content (AvgIpc) is 2.47. The molecule has 0 atom stereocenters. The number of hydrogen-bond acceptors (Lipinski definition) is 4. The van der Waals surface area contributed by atoms with E-state index in [0.717, 1.165) is 43.4 Å². The predicted octanol–water partition coefficient (Wildman–Crippen LogP) is 1.76. The molecule has 0 aromatic heterocycles. The van der Waals surface area contributed by atoms with Crippen molar-refractivity contribution in [2.45, 2.75) is 0 Å². The van der Waals surface area contributed by atoms with Crippen molar-refractivity contribution in [3.63, 3.8) is 0 Å². The molecule has 2 rings (SSSR count). The number of aliphatic imine (C=N–C) groups is 1. The number of anilines is 1. The second-order valence-electron chi connectivity index (χ2n) is 4.19. The Bertz CT molecular complexity index is 459.